The van der Waals surface area contributed by atoms with Gasteiger partial charge in [0.1, 0.15) is 0 Å². The minimum atomic E-state index is -4.46. The van der Waals surface area contributed by atoms with Crippen molar-refractivity contribution in [3.8, 4) is 11.5 Å². The van der Waals surface area contributed by atoms with Crippen molar-refractivity contribution in [2.75, 3.05) is 26.7 Å². The van der Waals surface area contributed by atoms with E-state index in [9.17, 15) is 13.2 Å². The summed E-state index contributed by atoms with van der Waals surface area (Å²) in [4.78, 5) is 6.21. The van der Waals surface area contributed by atoms with Gasteiger partial charge in [-0.15, -0.1) is 0 Å². The van der Waals surface area contributed by atoms with E-state index >= 15 is 0 Å². The molecule has 0 spiro atoms. The molecule has 2 heterocycles. The van der Waals surface area contributed by atoms with Gasteiger partial charge in [0.2, 0.25) is 0 Å². The molecule has 1 saturated heterocycles. The highest BCUT2D eigenvalue weighted by atomic mass is 19.4. The van der Waals surface area contributed by atoms with Crippen molar-refractivity contribution in [3.05, 3.63) is 35.7 Å². The highest BCUT2D eigenvalue weighted by Crippen LogP contribution is 2.36. The maximum atomic E-state index is 13.0. The van der Waals surface area contributed by atoms with E-state index in [-0.39, 0.29) is 17.5 Å². The largest absolute Gasteiger partial charge is 0.417 e. The number of aromatic nitrogens is 2. The molecular weight excluding hydrogens is 297 g/mol. The molecule has 1 aliphatic heterocycles. The maximum absolute atomic E-state index is 13.0. The molecule has 1 fully saturated rings. The fourth-order valence-electron chi connectivity index (χ4n) is 2.49. The van der Waals surface area contributed by atoms with Gasteiger partial charge in [-0.2, -0.15) is 18.2 Å². The van der Waals surface area contributed by atoms with Crippen LogP contribution in [0, 0.1) is 0 Å². The van der Waals surface area contributed by atoms with Gasteiger partial charge in [0.15, 0.2) is 5.82 Å². The van der Waals surface area contributed by atoms with Gasteiger partial charge in [-0.05, 0) is 19.2 Å². The van der Waals surface area contributed by atoms with E-state index in [1.807, 2.05) is 11.9 Å². The van der Waals surface area contributed by atoms with Crippen molar-refractivity contribution in [1.29, 1.82) is 0 Å². The Morgan fingerprint density at radius 1 is 1.32 bits per heavy atom. The molecule has 1 N–H and O–H groups in total. The lowest BCUT2D eigenvalue weighted by Gasteiger charge is -2.30. The molecule has 8 heteroatoms. The number of rotatable bonds is 2. The second-order valence-corrected chi connectivity index (χ2v) is 5.20. The van der Waals surface area contributed by atoms with Gasteiger partial charge in [-0.25, -0.2) is 0 Å². The minimum Gasteiger partial charge on any atom is -0.334 e. The average molecular weight is 312 g/mol. The van der Waals surface area contributed by atoms with Crippen LogP contribution in [-0.4, -0.2) is 41.7 Å². The van der Waals surface area contributed by atoms with Crippen LogP contribution in [0.15, 0.2) is 28.8 Å². The average Bonchev–Trinajstić information content (AvgIpc) is 2.96. The number of halogens is 3. The fourth-order valence-corrected chi connectivity index (χ4v) is 2.49. The SMILES string of the molecule is CN1CCNCC1c1noc(-c2ccccc2C(F)(F)F)n1. The third kappa shape index (κ3) is 2.84. The summed E-state index contributed by atoms with van der Waals surface area (Å²) in [6, 6.07) is 5.09. The lowest BCUT2D eigenvalue weighted by molar-refractivity contribution is -0.137. The van der Waals surface area contributed by atoms with Crippen molar-refractivity contribution < 1.29 is 17.7 Å². The van der Waals surface area contributed by atoms with Crippen molar-refractivity contribution in [3.63, 3.8) is 0 Å². The first kappa shape index (κ1) is 15.0. The molecule has 0 radical (unpaired) electrons. The first-order valence-electron chi connectivity index (χ1n) is 6.88. The van der Waals surface area contributed by atoms with Crippen LogP contribution >= 0.6 is 0 Å². The Hall–Kier alpha value is -1.93. The second kappa shape index (κ2) is 5.69. The summed E-state index contributed by atoms with van der Waals surface area (Å²) in [6.07, 6.45) is -4.46. The van der Waals surface area contributed by atoms with Gasteiger partial charge in [0, 0.05) is 19.6 Å². The van der Waals surface area contributed by atoms with Crippen LogP contribution in [0.4, 0.5) is 13.2 Å². The predicted molar refractivity (Wildman–Crippen MR) is 73.0 cm³/mol. The molecule has 0 bridgehead atoms. The zero-order chi connectivity index (χ0) is 15.7. The van der Waals surface area contributed by atoms with Gasteiger partial charge >= 0.3 is 6.18 Å². The Balaban J connectivity index is 1.95. The van der Waals surface area contributed by atoms with E-state index in [1.165, 1.54) is 18.2 Å². The van der Waals surface area contributed by atoms with Crippen LogP contribution in [0.3, 0.4) is 0 Å². The van der Waals surface area contributed by atoms with Crippen LogP contribution in [0.2, 0.25) is 0 Å². The summed E-state index contributed by atoms with van der Waals surface area (Å²) >= 11 is 0. The molecule has 5 nitrogen and oxygen atoms in total. The van der Waals surface area contributed by atoms with Gasteiger partial charge < -0.3 is 9.84 Å². The first-order chi connectivity index (χ1) is 10.5. The zero-order valence-electron chi connectivity index (χ0n) is 11.9. The van der Waals surface area contributed by atoms with Crippen LogP contribution < -0.4 is 5.32 Å². The van der Waals surface area contributed by atoms with E-state index in [0.29, 0.717) is 12.4 Å². The predicted octanol–water partition coefficient (Wildman–Crippen LogP) is 2.33. The topological polar surface area (TPSA) is 54.2 Å². The minimum absolute atomic E-state index is 0.0971. The molecule has 22 heavy (non-hydrogen) atoms. The summed E-state index contributed by atoms with van der Waals surface area (Å²) in [5.74, 6) is 0.281. The normalized spacial score (nSPS) is 20.3. The van der Waals surface area contributed by atoms with E-state index in [4.69, 9.17) is 4.52 Å². The molecule has 1 unspecified atom stereocenters. The molecule has 0 amide bonds. The maximum Gasteiger partial charge on any atom is 0.417 e. The second-order valence-electron chi connectivity index (χ2n) is 5.20. The fraction of sp³-hybridized carbons (Fsp3) is 0.429. The summed E-state index contributed by atoms with van der Waals surface area (Å²) in [7, 11) is 1.92. The van der Waals surface area contributed by atoms with Crippen molar-refractivity contribution >= 4 is 0 Å². The standard InChI is InChI=1S/C14H15F3N4O/c1-21-7-6-18-8-11(21)12-19-13(22-20-12)9-4-2-3-5-10(9)14(15,16)17/h2-5,11,18H,6-8H2,1H3. The van der Waals surface area contributed by atoms with Crippen LogP contribution in [0.5, 0.6) is 0 Å². The van der Waals surface area contributed by atoms with Crippen molar-refractivity contribution in [1.82, 2.24) is 20.4 Å². The van der Waals surface area contributed by atoms with Crippen molar-refractivity contribution in [2.45, 2.75) is 12.2 Å². The van der Waals surface area contributed by atoms with E-state index < -0.39 is 11.7 Å². The number of alkyl halides is 3. The lowest BCUT2D eigenvalue weighted by atomic mass is 10.1. The first-order valence-corrected chi connectivity index (χ1v) is 6.88. The summed E-state index contributed by atoms with van der Waals surface area (Å²) in [6.45, 7) is 2.30. The Labute approximate surface area is 125 Å². The Morgan fingerprint density at radius 3 is 2.82 bits per heavy atom. The van der Waals surface area contributed by atoms with Gasteiger partial charge in [-0.1, -0.05) is 17.3 Å². The molecule has 0 aliphatic carbocycles. The number of nitrogens with one attached hydrogen (secondary N) is 1. The lowest BCUT2D eigenvalue weighted by Crippen LogP contribution is -2.44. The zero-order valence-corrected chi connectivity index (χ0v) is 11.9. The molecule has 118 valence electrons. The number of nitrogens with zero attached hydrogens (tertiary/aromatic N) is 3. The molecule has 0 saturated carbocycles. The number of piperazine rings is 1. The van der Waals surface area contributed by atoms with Gasteiger partial charge in [0.25, 0.3) is 5.89 Å². The summed E-state index contributed by atoms with van der Waals surface area (Å²) in [5.41, 5.74) is -0.875. The summed E-state index contributed by atoms with van der Waals surface area (Å²) in [5, 5.41) is 7.06. The molecular formula is C14H15F3N4O. The number of benzene rings is 1. The number of hydrogen-bond acceptors (Lipinski definition) is 5. The third-order valence-electron chi connectivity index (χ3n) is 3.71. The monoisotopic (exact) mass is 312 g/mol. The quantitative estimate of drug-likeness (QED) is 0.922. The highest BCUT2D eigenvalue weighted by Gasteiger charge is 2.35. The van der Waals surface area contributed by atoms with E-state index in [2.05, 4.69) is 15.5 Å². The molecule has 1 atom stereocenters. The van der Waals surface area contributed by atoms with Gasteiger partial charge in [-0.3, -0.25) is 4.90 Å². The molecule has 1 aromatic heterocycles. The van der Waals surface area contributed by atoms with Gasteiger partial charge in [0.05, 0.1) is 17.2 Å². The Kier molecular flexibility index (Phi) is 3.88. The smallest absolute Gasteiger partial charge is 0.334 e. The molecule has 1 aliphatic rings. The number of hydrogen-bond donors (Lipinski definition) is 1. The summed E-state index contributed by atoms with van der Waals surface area (Å²) < 4.78 is 44.2. The highest BCUT2D eigenvalue weighted by molar-refractivity contribution is 5.59. The molecule has 3 rings (SSSR count). The van der Waals surface area contributed by atoms with Crippen LogP contribution in [0.1, 0.15) is 17.4 Å². The Bertz CT molecular complexity index is 656. The Morgan fingerprint density at radius 2 is 2.09 bits per heavy atom. The van der Waals surface area contributed by atoms with Crippen molar-refractivity contribution in [2.24, 2.45) is 0 Å². The van der Waals surface area contributed by atoms with E-state index in [1.54, 1.807) is 0 Å². The number of likely N-dealkylation sites (N-methyl/N-ethyl adjacent to an activating group) is 1. The van der Waals surface area contributed by atoms with E-state index in [0.717, 1.165) is 19.2 Å². The molecule has 2 aromatic rings. The third-order valence-corrected chi connectivity index (χ3v) is 3.71. The van der Waals surface area contributed by atoms with Crippen LogP contribution in [-0.2, 0) is 6.18 Å². The van der Waals surface area contributed by atoms with Crippen LogP contribution in [0.25, 0.3) is 11.5 Å². The molecule has 1 aromatic carbocycles.